The molecule has 0 saturated heterocycles. The molecule has 8 nitrogen and oxygen atoms in total. The average molecular weight is 426 g/mol. The zero-order valence-electron chi connectivity index (χ0n) is 17.7. The third-order valence-electron chi connectivity index (χ3n) is 5.38. The third-order valence-corrected chi connectivity index (χ3v) is 5.38. The Labute approximate surface area is 185 Å². The Morgan fingerprint density at radius 3 is 2.84 bits per heavy atom. The summed E-state index contributed by atoms with van der Waals surface area (Å²) in [5.41, 5.74) is 6.74. The quantitative estimate of drug-likeness (QED) is 0.367. The smallest absolute Gasteiger partial charge is 0.330 e. The summed E-state index contributed by atoms with van der Waals surface area (Å²) >= 11 is 0. The molecule has 0 radical (unpaired) electrons. The first-order valence-corrected chi connectivity index (χ1v) is 10.6. The lowest BCUT2D eigenvalue weighted by Crippen LogP contribution is -2.02. The molecule has 0 bridgehead atoms. The Morgan fingerprint density at radius 1 is 1.16 bits per heavy atom. The van der Waals surface area contributed by atoms with Gasteiger partial charge in [-0.1, -0.05) is 23.4 Å². The number of rotatable bonds is 6. The summed E-state index contributed by atoms with van der Waals surface area (Å²) in [6.45, 7) is 2.14. The molecule has 0 amide bonds. The molecule has 8 heteroatoms. The van der Waals surface area contributed by atoms with Crippen LogP contribution in [0.3, 0.4) is 0 Å². The van der Waals surface area contributed by atoms with Crippen LogP contribution in [0.5, 0.6) is 0 Å². The van der Waals surface area contributed by atoms with Gasteiger partial charge in [-0.15, -0.1) is 5.10 Å². The minimum Gasteiger partial charge on any atom is -0.463 e. The van der Waals surface area contributed by atoms with E-state index in [1.807, 2.05) is 24.3 Å². The maximum absolute atomic E-state index is 11.4. The Kier molecular flexibility index (Phi) is 5.33. The van der Waals surface area contributed by atoms with Crippen molar-refractivity contribution in [2.75, 3.05) is 11.9 Å². The molecular weight excluding hydrogens is 404 g/mol. The number of ether oxygens (including phenoxy) is 1. The fourth-order valence-electron chi connectivity index (χ4n) is 3.81. The predicted octanol–water partition coefficient (Wildman–Crippen LogP) is 4.02. The Morgan fingerprint density at radius 2 is 2.00 bits per heavy atom. The van der Waals surface area contributed by atoms with Crippen molar-refractivity contribution in [2.24, 2.45) is 0 Å². The van der Waals surface area contributed by atoms with Crippen LogP contribution < -0.4 is 5.32 Å². The van der Waals surface area contributed by atoms with Crippen LogP contribution in [-0.4, -0.2) is 37.5 Å². The van der Waals surface area contributed by atoms with Gasteiger partial charge in [-0.2, -0.15) is 9.67 Å². The number of fused-ring (bicyclic) bond motifs is 2. The van der Waals surface area contributed by atoms with E-state index in [2.05, 4.69) is 43.8 Å². The van der Waals surface area contributed by atoms with Gasteiger partial charge in [-0.25, -0.2) is 9.78 Å². The van der Waals surface area contributed by atoms with Gasteiger partial charge in [0.05, 0.1) is 18.5 Å². The molecule has 0 fully saturated rings. The standard InChI is InChI=1S/C24H22N6O2/c1-2-32-22(31)13-8-16-6-10-19(11-7-16)26-24-25-15-21-23(27-24)30(29-28-21)20-12-9-17-4-3-5-18(17)14-20/h6-15H,2-5H2,1H3,(H,25,26,27). The molecule has 1 N–H and O–H groups in total. The number of nitrogens with one attached hydrogen (secondary N) is 1. The summed E-state index contributed by atoms with van der Waals surface area (Å²) in [6.07, 6.45) is 8.23. The highest BCUT2D eigenvalue weighted by Crippen LogP contribution is 2.25. The van der Waals surface area contributed by atoms with Crippen molar-refractivity contribution in [3.8, 4) is 5.69 Å². The second-order valence-electron chi connectivity index (χ2n) is 7.54. The van der Waals surface area contributed by atoms with E-state index in [9.17, 15) is 4.79 Å². The first-order chi connectivity index (χ1) is 15.7. The van der Waals surface area contributed by atoms with Gasteiger partial charge in [0.15, 0.2) is 11.2 Å². The van der Waals surface area contributed by atoms with Gasteiger partial charge >= 0.3 is 5.97 Å². The van der Waals surface area contributed by atoms with Crippen LogP contribution in [-0.2, 0) is 22.4 Å². The van der Waals surface area contributed by atoms with Crippen molar-refractivity contribution >= 4 is 34.8 Å². The molecule has 0 spiro atoms. The van der Waals surface area contributed by atoms with Gasteiger partial charge in [0.2, 0.25) is 5.95 Å². The van der Waals surface area contributed by atoms with E-state index >= 15 is 0 Å². The monoisotopic (exact) mass is 426 g/mol. The fraction of sp³-hybridized carbons (Fsp3) is 0.208. The SMILES string of the molecule is CCOC(=O)C=Cc1ccc(Nc2ncc3nnn(-c4ccc5c(c4)CCC5)c3n2)cc1. The van der Waals surface area contributed by atoms with Crippen LogP contribution in [0.25, 0.3) is 22.9 Å². The largest absolute Gasteiger partial charge is 0.463 e. The lowest BCUT2D eigenvalue weighted by Gasteiger charge is -2.07. The molecule has 1 aliphatic rings. The Bertz CT molecular complexity index is 1310. The molecule has 32 heavy (non-hydrogen) atoms. The van der Waals surface area contributed by atoms with Gasteiger partial charge in [0.1, 0.15) is 0 Å². The lowest BCUT2D eigenvalue weighted by atomic mass is 10.1. The van der Waals surface area contributed by atoms with E-state index < -0.39 is 0 Å². The summed E-state index contributed by atoms with van der Waals surface area (Å²) in [7, 11) is 0. The van der Waals surface area contributed by atoms with Gasteiger partial charge < -0.3 is 10.1 Å². The molecule has 0 unspecified atom stereocenters. The molecule has 0 saturated carbocycles. The molecule has 160 valence electrons. The van der Waals surface area contributed by atoms with Crippen LogP contribution in [0.2, 0.25) is 0 Å². The average Bonchev–Trinajstić information content (AvgIpc) is 3.45. The maximum Gasteiger partial charge on any atom is 0.330 e. The number of aryl methyl sites for hydroxylation is 2. The number of carbonyl (C=O) groups excluding carboxylic acids is 1. The van der Waals surface area contributed by atoms with Crippen molar-refractivity contribution in [3.05, 3.63) is 71.4 Å². The normalized spacial score (nSPS) is 12.9. The number of benzene rings is 2. The minimum absolute atomic E-state index is 0.356. The van der Waals surface area contributed by atoms with Crippen molar-refractivity contribution in [1.82, 2.24) is 25.0 Å². The van der Waals surface area contributed by atoms with Gasteiger partial charge in [-0.05, 0) is 73.2 Å². The number of carbonyl (C=O) groups is 1. The number of esters is 1. The van der Waals surface area contributed by atoms with Crippen LogP contribution in [0.15, 0.2) is 54.7 Å². The second kappa shape index (κ2) is 8.58. The number of nitrogens with zero attached hydrogens (tertiary/aromatic N) is 5. The molecule has 2 heterocycles. The van der Waals surface area contributed by atoms with Gasteiger partial charge in [0, 0.05) is 11.8 Å². The molecular formula is C24H22N6O2. The van der Waals surface area contributed by atoms with E-state index in [4.69, 9.17) is 4.74 Å². The number of hydrogen-bond donors (Lipinski definition) is 1. The lowest BCUT2D eigenvalue weighted by molar-refractivity contribution is -0.137. The molecule has 0 atom stereocenters. The molecule has 0 aliphatic heterocycles. The van der Waals surface area contributed by atoms with E-state index in [0.717, 1.165) is 29.8 Å². The predicted molar refractivity (Wildman–Crippen MR) is 122 cm³/mol. The summed E-state index contributed by atoms with van der Waals surface area (Å²) in [6, 6.07) is 14.0. The van der Waals surface area contributed by atoms with Gasteiger partial charge in [-0.3, -0.25) is 0 Å². The van der Waals surface area contributed by atoms with Crippen LogP contribution in [0, 0.1) is 0 Å². The van der Waals surface area contributed by atoms with Crippen molar-refractivity contribution < 1.29 is 9.53 Å². The minimum atomic E-state index is -0.356. The highest BCUT2D eigenvalue weighted by Gasteiger charge is 2.15. The summed E-state index contributed by atoms with van der Waals surface area (Å²) < 4.78 is 6.65. The van der Waals surface area contributed by atoms with E-state index in [1.165, 1.54) is 23.6 Å². The number of hydrogen-bond acceptors (Lipinski definition) is 7. The maximum atomic E-state index is 11.4. The molecule has 2 aromatic heterocycles. The summed E-state index contributed by atoms with van der Waals surface area (Å²) in [5.74, 6) is 0.0991. The van der Waals surface area contributed by atoms with E-state index in [0.29, 0.717) is 23.7 Å². The van der Waals surface area contributed by atoms with Crippen LogP contribution >= 0.6 is 0 Å². The summed E-state index contributed by atoms with van der Waals surface area (Å²) in [5, 5.41) is 11.7. The van der Waals surface area contributed by atoms with Crippen LogP contribution in [0.1, 0.15) is 30.0 Å². The first-order valence-electron chi connectivity index (χ1n) is 10.6. The molecule has 4 aromatic rings. The fourth-order valence-corrected chi connectivity index (χ4v) is 3.81. The van der Waals surface area contributed by atoms with Crippen molar-refractivity contribution in [3.63, 3.8) is 0 Å². The van der Waals surface area contributed by atoms with Crippen LogP contribution in [0.4, 0.5) is 11.6 Å². The molecule has 1 aliphatic carbocycles. The van der Waals surface area contributed by atoms with Crippen molar-refractivity contribution in [2.45, 2.75) is 26.2 Å². The van der Waals surface area contributed by atoms with Gasteiger partial charge in [0.25, 0.3) is 0 Å². The highest BCUT2D eigenvalue weighted by atomic mass is 16.5. The van der Waals surface area contributed by atoms with E-state index in [-0.39, 0.29) is 5.97 Å². The second-order valence-corrected chi connectivity index (χ2v) is 7.54. The Balaban J connectivity index is 1.36. The highest BCUT2D eigenvalue weighted by molar-refractivity contribution is 5.87. The zero-order chi connectivity index (χ0) is 21.9. The zero-order valence-corrected chi connectivity index (χ0v) is 17.7. The van der Waals surface area contributed by atoms with E-state index in [1.54, 1.807) is 23.9 Å². The number of anilines is 2. The molecule has 2 aromatic carbocycles. The summed E-state index contributed by atoms with van der Waals surface area (Å²) in [4.78, 5) is 20.4. The van der Waals surface area contributed by atoms with Crippen molar-refractivity contribution in [1.29, 1.82) is 0 Å². The topological polar surface area (TPSA) is 94.8 Å². The third kappa shape index (κ3) is 4.07. The number of aromatic nitrogens is 5. The Hall–Kier alpha value is -4.07. The first kappa shape index (κ1) is 19.9. The molecule has 5 rings (SSSR count).